The van der Waals surface area contributed by atoms with Gasteiger partial charge in [0.1, 0.15) is 22.6 Å². The van der Waals surface area contributed by atoms with Gasteiger partial charge in [-0.1, -0.05) is 97.8 Å². The predicted octanol–water partition coefficient (Wildman–Crippen LogP) is 8.96. The highest BCUT2D eigenvalue weighted by atomic mass is 16.5. The second-order valence-electron chi connectivity index (χ2n) is 14.6. The molecule has 0 bridgehead atoms. The van der Waals surface area contributed by atoms with E-state index in [1.807, 2.05) is 72.8 Å². The summed E-state index contributed by atoms with van der Waals surface area (Å²) in [6.07, 6.45) is 6.95. The molecule has 6 aromatic rings. The molecule has 2 aliphatic rings. The molecule has 290 valence electrons. The van der Waals surface area contributed by atoms with E-state index in [0.29, 0.717) is 58.7 Å². The lowest BCUT2D eigenvalue weighted by molar-refractivity contribution is 0.0928. The van der Waals surface area contributed by atoms with Crippen LogP contribution >= 0.6 is 0 Å². The average molecular weight is 763 g/mol. The van der Waals surface area contributed by atoms with Crippen molar-refractivity contribution in [1.82, 2.24) is 10.6 Å². The van der Waals surface area contributed by atoms with Gasteiger partial charge in [-0.05, 0) is 95.5 Å². The standard InChI is InChI=1S/C24H24N2O3.C23H22N2O3/c1-29-21-14-6-13-20(22(21)24(28)25-15-16-7-4-8-16)26-23(27)19-12-5-10-17-9-2-3-11-18(17)19;26-20-13-5-12-19(21(20)23(28)24-14-15-6-3-7-15)25-22(27)18-11-4-9-16-8-1-2-10-17(16)18/h2-3,5-6,9-14,16H,4,7-8,15H2,1H3,(H,25,28)(H,26,27);1-2,4-5,8-13,15,26H,3,6-7,14H2,(H,24,28)(H,25,27). The maximum Gasteiger partial charge on any atom is 0.257 e. The summed E-state index contributed by atoms with van der Waals surface area (Å²) in [4.78, 5) is 51.5. The van der Waals surface area contributed by atoms with Crippen LogP contribution in [0.2, 0.25) is 0 Å². The molecule has 8 rings (SSSR count). The van der Waals surface area contributed by atoms with Crippen LogP contribution < -0.4 is 26.0 Å². The molecule has 5 N–H and O–H groups in total. The predicted molar refractivity (Wildman–Crippen MR) is 224 cm³/mol. The molecule has 0 atom stereocenters. The number of phenolic OH excluding ortho intramolecular Hbond substituents is 1. The van der Waals surface area contributed by atoms with Gasteiger partial charge >= 0.3 is 0 Å². The van der Waals surface area contributed by atoms with E-state index in [4.69, 9.17) is 4.74 Å². The van der Waals surface area contributed by atoms with Crippen molar-refractivity contribution >= 4 is 56.5 Å². The van der Waals surface area contributed by atoms with E-state index >= 15 is 0 Å². The maximum absolute atomic E-state index is 13.0. The molecule has 57 heavy (non-hydrogen) atoms. The Balaban J connectivity index is 0.000000174. The molecular weight excluding hydrogens is 717 g/mol. The number of rotatable bonds is 11. The highest BCUT2D eigenvalue weighted by Crippen LogP contribution is 2.31. The summed E-state index contributed by atoms with van der Waals surface area (Å²) in [5.41, 5.74) is 2.25. The summed E-state index contributed by atoms with van der Waals surface area (Å²) in [6.45, 7) is 1.23. The highest BCUT2D eigenvalue weighted by Gasteiger charge is 2.24. The number of nitrogens with one attached hydrogen (secondary N) is 4. The number of carbonyl (C=O) groups is 4. The second kappa shape index (κ2) is 17.8. The Bertz CT molecular complexity index is 2430. The van der Waals surface area contributed by atoms with Crippen LogP contribution in [0.5, 0.6) is 11.5 Å². The first-order chi connectivity index (χ1) is 27.8. The van der Waals surface area contributed by atoms with Gasteiger partial charge in [-0.25, -0.2) is 0 Å². The third kappa shape index (κ3) is 8.91. The number of hydrogen-bond acceptors (Lipinski definition) is 6. The Morgan fingerprint density at radius 1 is 0.544 bits per heavy atom. The molecular formula is C47H46N4O6. The summed E-state index contributed by atoms with van der Waals surface area (Å²) in [5, 5.41) is 25.5. The third-order valence-electron chi connectivity index (χ3n) is 10.9. The van der Waals surface area contributed by atoms with Crippen LogP contribution in [0.1, 0.15) is 80.0 Å². The number of aromatic hydroxyl groups is 1. The van der Waals surface area contributed by atoms with Gasteiger partial charge < -0.3 is 31.1 Å². The fourth-order valence-corrected chi connectivity index (χ4v) is 7.19. The summed E-state index contributed by atoms with van der Waals surface area (Å²) >= 11 is 0. The van der Waals surface area contributed by atoms with Gasteiger partial charge in [-0.2, -0.15) is 0 Å². The number of phenols is 1. The van der Waals surface area contributed by atoms with Crippen molar-refractivity contribution in [3.8, 4) is 11.5 Å². The van der Waals surface area contributed by atoms with Crippen LogP contribution in [0, 0.1) is 11.8 Å². The van der Waals surface area contributed by atoms with E-state index in [1.165, 1.54) is 26.0 Å². The van der Waals surface area contributed by atoms with Crippen LogP contribution in [-0.2, 0) is 0 Å². The summed E-state index contributed by atoms with van der Waals surface area (Å²) in [7, 11) is 1.52. The molecule has 10 nitrogen and oxygen atoms in total. The van der Waals surface area contributed by atoms with Crippen LogP contribution in [-0.4, -0.2) is 48.9 Å². The van der Waals surface area contributed by atoms with Crippen molar-refractivity contribution in [1.29, 1.82) is 0 Å². The summed E-state index contributed by atoms with van der Waals surface area (Å²) in [6, 6.07) is 36.4. The minimum atomic E-state index is -0.377. The number of anilines is 2. The first-order valence-electron chi connectivity index (χ1n) is 19.4. The van der Waals surface area contributed by atoms with Gasteiger partial charge in [0.05, 0.1) is 18.5 Å². The Kier molecular flexibility index (Phi) is 12.1. The fraction of sp³-hybridized carbons (Fsp3) is 0.234. The number of benzene rings is 6. The molecule has 0 heterocycles. The monoisotopic (exact) mass is 762 g/mol. The lowest BCUT2D eigenvalue weighted by Crippen LogP contribution is -2.33. The van der Waals surface area contributed by atoms with Crippen LogP contribution in [0.3, 0.4) is 0 Å². The van der Waals surface area contributed by atoms with E-state index in [1.54, 1.807) is 42.5 Å². The fourth-order valence-electron chi connectivity index (χ4n) is 7.19. The largest absolute Gasteiger partial charge is 0.507 e. The van der Waals surface area contributed by atoms with Gasteiger partial charge in [0.2, 0.25) is 0 Å². The molecule has 0 spiro atoms. The topological polar surface area (TPSA) is 146 Å². The first kappa shape index (κ1) is 38.6. The van der Waals surface area contributed by atoms with Crippen LogP contribution in [0.4, 0.5) is 11.4 Å². The zero-order valence-electron chi connectivity index (χ0n) is 31.8. The lowest BCUT2D eigenvalue weighted by Gasteiger charge is -2.25. The van der Waals surface area contributed by atoms with Crippen molar-refractivity contribution in [2.75, 3.05) is 30.8 Å². The number of carbonyl (C=O) groups excluding carboxylic acids is 4. The molecule has 4 amide bonds. The SMILES string of the molecule is COc1cccc(NC(=O)c2cccc3ccccc23)c1C(=O)NCC1CCC1.O=C(NCC1CCC1)c1c(O)cccc1NC(=O)c1cccc2ccccc12. The van der Waals surface area contributed by atoms with E-state index in [-0.39, 0.29) is 34.9 Å². The smallest absolute Gasteiger partial charge is 0.257 e. The number of methoxy groups -OCH3 is 1. The highest BCUT2D eigenvalue weighted by molar-refractivity contribution is 6.16. The van der Waals surface area contributed by atoms with Crippen molar-refractivity contribution in [2.45, 2.75) is 38.5 Å². The van der Waals surface area contributed by atoms with Crippen molar-refractivity contribution in [2.24, 2.45) is 11.8 Å². The quantitative estimate of drug-likeness (QED) is 0.0891. The van der Waals surface area contributed by atoms with E-state index in [9.17, 15) is 24.3 Å². The van der Waals surface area contributed by atoms with Gasteiger partial charge in [-0.3, -0.25) is 19.2 Å². The lowest BCUT2D eigenvalue weighted by atomic mass is 9.85. The molecule has 2 aliphatic carbocycles. The maximum atomic E-state index is 13.0. The van der Waals surface area contributed by atoms with Crippen LogP contribution in [0.25, 0.3) is 21.5 Å². The van der Waals surface area contributed by atoms with Crippen molar-refractivity contribution in [3.05, 3.63) is 144 Å². The van der Waals surface area contributed by atoms with Crippen LogP contribution in [0.15, 0.2) is 121 Å². The Labute approximate surface area is 331 Å². The average Bonchev–Trinajstić information content (AvgIpc) is 3.19. The molecule has 2 saturated carbocycles. The van der Waals surface area contributed by atoms with E-state index < -0.39 is 0 Å². The zero-order chi connectivity index (χ0) is 39.7. The zero-order valence-corrected chi connectivity index (χ0v) is 31.8. The molecule has 2 fully saturated rings. The molecule has 0 saturated heterocycles. The number of ether oxygens (including phenoxy) is 1. The minimum absolute atomic E-state index is 0.0930. The summed E-state index contributed by atoms with van der Waals surface area (Å²) in [5.74, 6) is 0.138. The number of amides is 4. The van der Waals surface area contributed by atoms with Gasteiger partial charge in [-0.15, -0.1) is 0 Å². The molecule has 6 aromatic carbocycles. The van der Waals surface area contributed by atoms with E-state index in [2.05, 4.69) is 21.3 Å². The Morgan fingerprint density at radius 3 is 1.47 bits per heavy atom. The van der Waals surface area contributed by atoms with Crippen molar-refractivity contribution in [3.63, 3.8) is 0 Å². The Morgan fingerprint density at radius 2 is 0.982 bits per heavy atom. The minimum Gasteiger partial charge on any atom is -0.507 e. The second-order valence-corrected chi connectivity index (χ2v) is 14.6. The van der Waals surface area contributed by atoms with E-state index in [0.717, 1.165) is 47.2 Å². The molecule has 10 heteroatoms. The van der Waals surface area contributed by atoms with Gasteiger partial charge in [0.25, 0.3) is 23.6 Å². The first-order valence-corrected chi connectivity index (χ1v) is 19.4. The Hall–Kier alpha value is -6.68. The number of fused-ring (bicyclic) bond motifs is 2. The molecule has 0 radical (unpaired) electrons. The van der Waals surface area contributed by atoms with Crippen molar-refractivity contribution < 1.29 is 29.0 Å². The third-order valence-corrected chi connectivity index (χ3v) is 10.9. The normalized spacial score (nSPS) is 13.6. The molecule has 0 unspecified atom stereocenters. The number of hydrogen-bond donors (Lipinski definition) is 5. The summed E-state index contributed by atoms with van der Waals surface area (Å²) < 4.78 is 5.40. The molecule has 0 aliphatic heterocycles. The molecule has 0 aromatic heterocycles. The van der Waals surface area contributed by atoms with Gasteiger partial charge in [0.15, 0.2) is 0 Å². The van der Waals surface area contributed by atoms with Gasteiger partial charge in [0, 0.05) is 24.2 Å².